The van der Waals surface area contributed by atoms with E-state index in [1.807, 2.05) is 0 Å². The largest absolute Gasteiger partial charge is 0.0989 e. The zero-order chi connectivity index (χ0) is 14.5. The lowest BCUT2D eigenvalue weighted by Crippen LogP contribution is -2.15. The van der Waals surface area contributed by atoms with Crippen LogP contribution in [0, 0.1) is 0 Å². The Hall–Kier alpha value is -0.610. The highest BCUT2D eigenvalue weighted by Crippen LogP contribution is 2.73. The molecule has 0 amide bonds. The summed E-state index contributed by atoms with van der Waals surface area (Å²) in [6, 6.07) is 11.3. The first-order valence-electron chi connectivity index (χ1n) is 8.84. The molecule has 1 aliphatic carbocycles. The highest BCUT2D eigenvalue weighted by atomic mass is 31.1. The van der Waals surface area contributed by atoms with Gasteiger partial charge in [-0.2, -0.15) is 0 Å². The Bertz CT molecular complexity index is 464. The van der Waals surface area contributed by atoms with E-state index in [9.17, 15) is 0 Å². The average molecular weight is 300 g/mol. The fraction of sp³-hybridized carbons (Fsp3) is 0.600. The van der Waals surface area contributed by atoms with Crippen LogP contribution in [0.15, 0.2) is 42.5 Å². The molecule has 1 heteroatoms. The molecule has 2 atom stereocenters. The first kappa shape index (κ1) is 15.3. The van der Waals surface area contributed by atoms with Crippen LogP contribution in [-0.4, -0.2) is 11.3 Å². The van der Waals surface area contributed by atoms with Crippen molar-refractivity contribution in [2.45, 2.75) is 69.4 Å². The Morgan fingerprint density at radius 2 is 1.43 bits per heavy atom. The monoisotopic (exact) mass is 300 g/mol. The molecule has 1 spiro atoms. The average Bonchev–Trinajstić information content (AvgIpc) is 3.25. The molecule has 2 aliphatic rings. The number of allylic oxidation sites excluding steroid dienone is 1. The van der Waals surface area contributed by atoms with Crippen LogP contribution >= 0.6 is 7.92 Å². The van der Waals surface area contributed by atoms with Crippen molar-refractivity contribution in [2.24, 2.45) is 0 Å². The molecular weight excluding hydrogens is 271 g/mol. The molecule has 0 N–H and O–H groups in total. The van der Waals surface area contributed by atoms with Gasteiger partial charge in [0, 0.05) is 5.16 Å². The molecule has 1 saturated carbocycles. The van der Waals surface area contributed by atoms with Crippen LogP contribution < -0.4 is 5.30 Å². The summed E-state index contributed by atoms with van der Waals surface area (Å²) in [7, 11) is 0.0484. The SMILES string of the molecule is C=C1CCCCCCCCCCC12CP2c1ccccc1. The van der Waals surface area contributed by atoms with Crippen LogP contribution in [-0.2, 0) is 0 Å². The summed E-state index contributed by atoms with van der Waals surface area (Å²) >= 11 is 0. The molecule has 0 nitrogen and oxygen atoms in total. The fourth-order valence-corrected chi connectivity index (χ4v) is 7.09. The van der Waals surface area contributed by atoms with Gasteiger partial charge in [-0.1, -0.05) is 95.4 Å². The third-order valence-electron chi connectivity index (χ3n) is 5.38. The number of rotatable bonds is 1. The van der Waals surface area contributed by atoms with Gasteiger partial charge in [-0.15, -0.1) is 0 Å². The Kier molecular flexibility index (Phi) is 5.17. The molecule has 1 heterocycles. The van der Waals surface area contributed by atoms with E-state index in [0.717, 1.165) is 0 Å². The Balaban J connectivity index is 1.70. The first-order valence-corrected chi connectivity index (χ1v) is 10.4. The van der Waals surface area contributed by atoms with Gasteiger partial charge in [-0.25, -0.2) is 0 Å². The minimum atomic E-state index is 0.0484. The molecule has 2 fully saturated rings. The van der Waals surface area contributed by atoms with Gasteiger partial charge in [0.25, 0.3) is 0 Å². The van der Waals surface area contributed by atoms with Crippen LogP contribution in [0.2, 0.25) is 0 Å². The van der Waals surface area contributed by atoms with Crippen LogP contribution in [0.5, 0.6) is 0 Å². The maximum Gasteiger partial charge on any atom is 0.0194 e. The quantitative estimate of drug-likeness (QED) is 0.439. The summed E-state index contributed by atoms with van der Waals surface area (Å²) < 4.78 is 0. The molecule has 0 aromatic heterocycles. The third kappa shape index (κ3) is 3.59. The Morgan fingerprint density at radius 3 is 2.14 bits per heavy atom. The molecule has 2 unspecified atom stereocenters. The van der Waals surface area contributed by atoms with E-state index in [1.165, 1.54) is 70.4 Å². The summed E-state index contributed by atoms with van der Waals surface area (Å²) in [5.41, 5.74) is 1.60. The second-order valence-corrected chi connectivity index (χ2v) is 9.43. The van der Waals surface area contributed by atoms with Crippen molar-refractivity contribution in [1.29, 1.82) is 0 Å². The molecule has 3 rings (SSSR count). The van der Waals surface area contributed by atoms with E-state index < -0.39 is 0 Å². The predicted molar refractivity (Wildman–Crippen MR) is 95.9 cm³/mol. The molecule has 1 aromatic carbocycles. The zero-order valence-corrected chi connectivity index (χ0v) is 14.2. The summed E-state index contributed by atoms with van der Waals surface area (Å²) in [6.45, 7) is 4.55. The fourth-order valence-electron chi connectivity index (χ4n) is 3.92. The van der Waals surface area contributed by atoms with Crippen LogP contribution in [0.25, 0.3) is 0 Å². The van der Waals surface area contributed by atoms with Crippen molar-refractivity contribution >= 4 is 13.2 Å². The van der Waals surface area contributed by atoms with Gasteiger partial charge in [0.1, 0.15) is 0 Å². The molecule has 0 bridgehead atoms. The Morgan fingerprint density at radius 1 is 0.810 bits per heavy atom. The van der Waals surface area contributed by atoms with E-state index in [-0.39, 0.29) is 7.92 Å². The van der Waals surface area contributed by atoms with Gasteiger partial charge in [0.05, 0.1) is 0 Å². The lowest BCUT2D eigenvalue weighted by molar-refractivity contribution is 0.525. The lowest BCUT2D eigenvalue weighted by Gasteiger charge is -2.21. The minimum absolute atomic E-state index is 0.0484. The summed E-state index contributed by atoms with van der Waals surface area (Å²) in [5.74, 6) is 0. The van der Waals surface area contributed by atoms with Gasteiger partial charge in [-0.3, -0.25) is 0 Å². The van der Waals surface area contributed by atoms with Crippen LogP contribution in [0.3, 0.4) is 0 Å². The summed E-state index contributed by atoms with van der Waals surface area (Å²) in [6.07, 6.45) is 15.6. The van der Waals surface area contributed by atoms with Gasteiger partial charge >= 0.3 is 0 Å². The molecule has 0 radical (unpaired) electrons. The smallest absolute Gasteiger partial charge is 0.0194 e. The van der Waals surface area contributed by atoms with E-state index in [4.69, 9.17) is 0 Å². The van der Waals surface area contributed by atoms with E-state index >= 15 is 0 Å². The normalized spacial score (nSPS) is 31.4. The zero-order valence-electron chi connectivity index (χ0n) is 13.3. The molecular formula is C20H29P. The minimum Gasteiger partial charge on any atom is -0.0989 e. The number of hydrogen-bond donors (Lipinski definition) is 0. The van der Waals surface area contributed by atoms with Gasteiger partial charge in [0.15, 0.2) is 0 Å². The van der Waals surface area contributed by atoms with Gasteiger partial charge < -0.3 is 0 Å². The maximum atomic E-state index is 4.55. The van der Waals surface area contributed by atoms with Crippen molar-refractivity contribution in [3.05, 3.63) is 42.5 Å². The third-order valence-corrected chi connectivity index (χ3v) is 8.50. The van der Waals surface area contributed by atoms with E-state index in [0.29, 0.717) is 5.16 Å². The van der Waals surface area contributed by atoms with Crippen molar-refractivity contribution < 1.29 is 0 Å². The van der Waals surface area contributed by atoms with Crippen molar-refractivity contribution in [2.75, 3.05) is 6.16 Å². The second-order valence-electron chi connectivity index (χ2n) is 6.89. The molecule has 1 aromatic rings. The Labute approximate surface area is 131 Å². The summed E-state index contributed by atoms with van der Waals surface area (Å²) in [4.78, 5) is 0. The highest BCUT2D eigenvalue weighted by Gasteiger charge is 2.54. The van der Waals surface area contributed by atoms with Crippen LogP contribution in [0.1, 0.15) is 64.2 Å². The van der Waals surface area contributed by atoms with Gasteiger partial charge in [-0.05, 0) is 30.7 Å². The molecule has 1 aliphatic heterocycles. The summed E-state index contributed by atoms with van der Waals surface area (Å²) in [5, 5.41) is 2.14. The van der Waals surface area contributed by atoms with E-state index in [1.54, 1.807) is 10.9 Å². The molecule has 1 saturated heterocycles. The topological polar surface area (TPSA) is 0 Å². The molecule has 114 valence electrons. The standard InChI is InChI=1S/C20H29P/c1-18-13-9-6-4-2-3-5-7-12-16-20(18)17-21(20)19-14-10-8-11-15-19/h8,10-11,14-15H,1-7,9,12-13,16-17H2. The lowest BCUT2D eigenvalue weighted by atomic mass is 9.90. The second kappa shape index (κ2) is 7.10. The molecule has 21 heavy (non-hydrogen) atoms. The van der Waals surface area contributed by atoms with E-state index in [2.05, 4.69) is 36.9 Å². The van der Waals surface area contributed by atoms with Gasteiger partial charge in [0.2, 0.25) is 0 Å². The maximum absolute atomic E-state index is 4.55. The van der Waals surface area contributed by atoms with Crippen molar-refractivity contribution in [3.63, 3.8) is 0 Å². The van der Waals surface area contributed by atoms with Crippen LogP contribution in [0.4, 0.5) is 0 Å². The predicted octanol–water partition coefficient (Wildman–Crippen LogP) is 6.02. The number of hydrogen-bond acceptors (Lipinski definition) is 0. The van der Waals surface area contributed by atoms with Crippen molar-refractivity contribution in [1.82, 2.24) is 0 Å². The first-order chi connectivity index (χ1) is 10.3. The number of benzene rings is 1. The highest BCUT2D eigenvalue weighted by molar-refractivity contribution is 7.75. The van der Waals surface area contributed by atoms with Crippen molar-refractivity contribution in [3.8, 4) is 0 Å².